The van der Waals surface area contributed by atoms with E-state index in [-0.39, 0.29) is 24.0 Å². The number of amides is 2. The molecule has 1 aliphatic rings. The summed E-state index contributed by atoms with van der Waals surface area (Å²) in [6.07, 6.45) is -0.305. The molecule has 2 amide bonds. The molecule has 1 aromatic heterocycles. The average molecular weight is 511 g/mol. The van der Waals surface area contributed by atoms with Crippen LogP contribution in [0.4, 0.5) is 10.7 Å². The number of aryl methyl sites for hydroxylation is 2. The summed E-state index contributed by atoms with van der Waals surface area (Å²) < 4.78 is 18.1. The molecule has 4 rings (SSSR count). The third-order valence-corrected chi connectivity index (χ3v) is 7.05. The lowest BCUT2D eigenvalue weighted by Crippen LogP contribution is -2.45. The molecule has 0 fully saturated rings. The van der Waals surface area contributed by atoms with Crippen molar-refractivity contribution in [2.75, 3.05) is 30.0 Å². The van der Waals surface area contributed by atoms with Crippen LogP contribution in [0.2, 0.25) is 0 Å². The van der Waals surface area contributed by atoms with Crippen molar-refractivity contribution in [2.45, 2.75) is 47.1 Å². The summed E-state index contributed by atoms with van der Waals surface area (Å²) in [5, 5.41) is 3.74. The molecule has 0 bridgehead atoms. The van der Waals surface area contributed by atoms with E-state index in [1.165, 1.54) is 18.3 Å². The number of carbonyl (C=O) groups excluding carboxylic acids is 3. The van der Waals surface area contributed by atoms with Crippen molar-refractivity contribution in [3.8, 4) is 11.5 Å². The Kier molecular flexibility index (Phi) is 7.49. The van der Waals surface area contributed by atoms with Crippen molar-refractivity contribution in [2.24, 2.45) is 0 Å². The molecule has 0 radical (unpaired) electrons. The van der Waals surface area contributed by atoms with Crippen molar-refractivity contribution < 1.29 is 28.6 Å². The summed E-state index contributed by atoms with van der Waals surface area (Å²) in [5.74, 6) is 0.205. The van der Waals surface area contributed by atoms with Gasteiger partial charge >= 0.3 is 5.97 Å². The first-order chi connectivity index (χ1) is 17.2. The Bertz CT molecular complexity index is 1330. The highest BCUT2D eigenvalue weighted by Crippen LogP contribution is 2.43. The van der Waals surface area contributed by atoms with E-state index in [0.29, 0.717) is 46.2 Å². The average Bonchev–Trinajstić information content (AvgIpc) is 3.20. The lowest BCUT2D eigenvalue weighted by atomic mass is 10.1. The molecule has 0 unspecified atom stereocenters. The Labute approximate surface area is 214 Å². The predicted octanol–water partition coefficient (Wildman–Crippen LogP) is 5.24. The largest absolute Gasteiger partial charge is 0.490 e. The van der Waals surface area contributed by atoms with Gasteiger partial charge in [-0.3, -0.25) is 9.59 Å². The van der Waals surface area contributed by atoms with Crippen LogP contribution >= 0.6 is 11.3 Å². The minimum Gasteiger partial charge on any atom is -0.490 e. The normalized spacial score (nSPS) is 13.5. The van der Waals surface area contributed by atoms with Crippen molar-refractivity contribution in [3.63, 3.8) is 0 Å². The van der Waals surface area contributed by atoms with Crippen molar-refractivity contribution in [1.29, 1.82) is 0 Å². The third-order valence-electron chi connectivity index (χ3n) is 5.93. The summed E-state index contributed by atoms with van der Waals surface area (Å²) in [6.45, 7) is 9.91. The number of thiophene rings is 1. The van der Waals surface area contributed by atoms with Crippen LogP contribution in [-0.2, 0) is 14.3 Å². The summed E-state index contributed by atoms with van der Waals surface area (Å²) in [6, 6.07) is 9.43. The highest BCUT2D eigenvalue weighted by atomic mass is 32.1. The number of fused-ring (bicyclic) bond motifs is 2. The van der Waals surface area contributed by atoms with Crippen LogP contribution in [0.25, 0.3) is 10.1 Å². The lowest BCUT2D eigenvalue weighted by molar-refractivity contribution is -0.125. The molecule has 3 aromatic rings. The van der Waals surface area contributed by atoms with E-state index in [9.17, 15) is 14.4 Å². The molecule has 0 saturated heterocycles. The Hall–Kier alpha value is -3.59. The second-order valence-electron chi connectivity index (χ2n) is 8.62. The number of hydrogen-bond donors (Lipinski definition) is 1. The highest BCUT2D eigenvalue weighted by Gasteiger charge is 2.32. The Balaban J connectivity index is 1.74. The van der Waals surface area contributed by atoms with Gasteiger partial charge in [-0.25, -0.2) is 4.79 Å². The van der Waals surface area contributed by atoms with Crippen molar-refractivity contribution in [3.05, 3.63) is 47.0 Å². The number of hydrogen-bond acceptors (Lipinski definition) is 7. The molecule has 2 aromatic carbocycles. The van der Waals surface area contributed by atoms with E-state index in [4.69, 9.17) is 14.2 Å². The zero-order valence-electron chi connectivity index (χ0n) is 21.1. The SMILES string of the molecule is CCOC(=O)c1c(NC(C)=O)sc2c(O[C@H](CC)C(=O)N3CCOc4ccc(C)cc43)c(C)ccc12. The zero-order valence-corrected chi connectivity index (χ0v) is 21.9. The minimum atomic E-state index is -0.752. The van der Waals surface area contributed by atoms with Crippen LogP contribution in [0.3, 0.4) is 0 Å². The van der Waals surface area contributed by atoms with Gasteiger partial charge in [0.15, 0.2) is 6.10 Å². The predicted molar refractivity (Wildman–Crippen MR) is 141 cm³/mol. The summed E-state index contributed by atoms with van der Waals surface area (Å²) >= 11 is 1.23. The van der Waals surface area contributed by atoms with Gasteiger partial charge in [0.2, 0.25) is 5.91 Å². The number of esters is 1. The van der Waals surface area contributed by atoms with E-state index in [0.717, 1.165) is 16.8 Å². The fourth-order valence-electron chi connectivity index (χ4n) is 4.22. The quantitative estimate of drug-likeness (QED) is 0.437. The minimum absolute atomic E-state index is 0.159. The van der Waals surface area contributed by atoms with E-state index in [1.807, 2.05) is 51.1 Å². The second-order valence-corrected chi connectivity index (χ2v) is 9.64. The highest BCUT2D eigenvalue weighted by molar-refractivity contribution is 7.24. The van der Waals surface area contributed by atoms with Crippen molar-refractivity contribution >= 4 is 49.9 Å². The lowest BCUT2D eigenvalue weighted by Gasteiger charge is -2.32. The van der Waals surface area contributed by atoms with Crippen LogP contribution in [0.1, 0.15) is 48.7 Å². The first kappa shape index (κ1) is 25.5. The van der Waals surface area contributed by atoms with E-state index >= 15 is 0 Å². The number of carbonyl (C=O) groups is 3. The summed E-state index contributed by atoms with van der Waals surface area (Å²) in [5.41, 5.74) is 2.87. The maximum Gasteiger partial charge on any atom is 0.341 e. The van der Waals surface area contributed by atoms with E-state index < -0.39 is 12.1 Å². The monoisotopic (exact) mass is 510 g/mol. The van der Waals surface area contributed by atoms with E-state index in [1.54, 1.807) is 11.8 Å². The molecule has 9 heteroatoms. The van der Waals surface area contributed by atoms with Crippen LogP contribution in [0, 0.1) is 13.8 Å². The van der Waals surface area contributed by atoms with Crippen LogP contribution in [0.15, 0.2) is 30.3 Å². The summed E-state index contributed by atoms with van der Waals surface area (Å²) in [4.78, 5) is 40.0. The molecule has 36 heavy (non-hydrogen) atoms. The molecule has 8 nitrogen and oxygen atoms in total. The first-order valence-corrected chi connectivity index (χ1v) is 12.8. The molecular weight excluding hydrogens is 480 g/mol. The van der Waals surface area contributed by atoms with Gasteiger partial charge in [0, 0.05) is 12.3 Å². The van der Waals surface area contributed by atoms with Gasteiger partial charge in [0.25, 0.3) is 5.91 Å². The van der Waals surface area contributed by atoms with Gasteiger partial charge in [-0.1, -0.05) is 25.1 Å². The van der Waals surface area contributed by atoms with Crippen LogP contribution < -0.4 is 19.7 Å². The molecular formula is C27H30N2O6S. The van der Waals surface area contributed by atoms with Gasteiger partial charge in [0.05, 0.1) is 23.5 Å². The fraction of sp³-hybridized carbons (Fsp3) is 0.370. The Morgan fingerprint density at radius 3 is 2.64 bits per heavy atom. The molecule has 0 saturated carbocycles. The van der Waals surface area contributed by atoms with Crippen LogP contribution in [-0.4, -0.2) is 43.6 Å². The topological polar surface area (TPSA) is 94.2 Å². The molecule has 1 atom stereocenters. The summed E-state index contributed by atoms with van der Waals surface area (Å²) in [7, 11) is 0. The number of nitrogens with zero attached hydrogens (tertiary/aromatic N) is 1. The maximum absolute atomic E-state index is 13.7. The van der Waals surface area contributed by atoms with Gasteiger partial charge in [0.1, 0.15) is 28.7 Å². The fourth-order valence-corrected chi connectivity index (χ4v) is 5.49. The molecule has 0 aliphatic carbocycles. The first-order valence-electron chi connectivity index (χ1n) is 12.0. The zero-order chi connectivity index (χ0) is 26.0. The Morgan fingerprint density at radius 2 is 1.94 bits per heavy atom. The van der Waals surface area contributed by atoms with Crippen LogP contribution in [0.5, 0.6) is 11.5 Å². The molecule has 1 aliphatic heterocycles. The molecule has 0 spiro atoms. The maximum atomic E-state index is 13.7. The molecule has 190 valence electrons. The van der Waals surface area contributed by atoms with Gasteiger partial charge in [-0.05, 0) is 50.5 Å². The van der Waals surface area contributed by atoms with Gasteiger partial charge in [-0.15, -0.1) is 11.3 Å². The standard InChI is InChI=1S/C27H30N2O6S/c1-6-20(26(31)29-12-13-34-21-11-8-15(3)14-19(21)29)35-23-16(4)9-10-18-22(27(32)33-7-2)25(28-17(5)30)36-24(18)23/h8-11,14,20H,6-7,12-13H2,1-5H3,(H,28,30)/t20-/m1/s1. The number of nitrogens with one attached hydrogen (secondary N) is 1. The second kappa shape index (κ2) is 10.6. The molecule has 2 heterocycles. The molecule has 1 N–H and O–H groups in total. The smallest absolute Gasteiger partial charge is 0.341 e. The number of ether oxygens (including phenoxy) is 3. The van der Waals surface area contributed by atoms with Gasteiger partial charge in [-0.2, -0.15) is 0 Å². The number of benzene rings is 2. The third kappa shape index (κ3) is 4.88. The number of anilines is 2. The number of rotatable bonds is 7. The Morgan fingerprint density at radius 1 is 1.17 bits per heavy atom. The van der Waals surface area contributed by atoms with Crippen molar-refractivity contribution in [1.82, 2.24) is 0 Å². The van der Waals surface area contributed by atoms with Gasteiger partial charge < -0.3 is 24.4 Å². The van der Waals surface area contributed by atoms with E-state index in [2.05, 4.69) is 5.32 Å².